The molecule has 0 radical (unpaired) electrons. The maximum Gasteiger partial charge on any atom is 0.306 e. The highest BCUT2D eigenvalue weighted by Crippen LogP contribution is 2.40. The summed E-state index contributed by atoms with van der Waals surface area (Å²) in [5, 5.41) is 18.2. The van der Waals surface area contributed by atoms with Gasteiger partial charge in [-0.25, -0.2) is 4.57 Å². The summed E-state index contributed by atoms with van der Waals surface area (Å²) >= 11 is 2.21. The molecule has 0 bridgehead atoms. The Morgan fingerprint density at radius 1 is 0.981 bits per heavy atom. The Hall–Kier alpha value is -4.05. The molecule has 296 valence electrons. The molecule has 0 aliphatic carbocycles. The Morgan fingerprint density at radius 2 is 1.59 bits per heavy atom. The number of esters is 1. The first kappa shape index (κ1) is 42.7. The van der Waals surface area contributed by atoms with Crippen molar-refractivity contribution in [2.24, 2.45) is 5.16 Å². The van der Waals surface area contributed by atoms with Gasteiger partial charge in [0.2, 0.25) is 11.5 Å². The number of fused-ring (bicyclic) bond motifs is 1. The smallest absolute Gasteiger partial charge is 0.306 e. The van der Waals surface area contributed by atoms with Crippen LogP contribution in [0.15, 0.2) is 41.0 Å². The molecule has 0 saturated carbocycles. The van der Waals surface area contributed by atoms with E-state index in [9.17, 15) is 24.3 Å². The molecule has 1 unspecified atom stereocenters. The Morgan fingerprint density at radius 3 is 2.15 bits per heavy atom. The number of pyridine rings is 1. The second kappa shape index (κ2) is 23.0. The minimum atomic E-state index is -1.48. The number of anilines is 1. The van der Waals surface area contributed by atoms with Crippen LogP contribution in [0.2, 0.25) is 0 Å². The number of nitrogens with zero attached hydrogens (tertiary/aromatic N) is 5. The molecule has 54 heavy (non-hydrogen) atoms. The molecule has 14 nitrogen and oxygen atoms in total. The number of aromatic nitrogens is 3. The lowest BCUT2D eigenvalue weighted by atomic mass is 10.0. The lowest BCUT2D eigenvalue weighted by molar-refractivity contribution is -0.689. The summed E-state index contributed by atoms with van der Waals surface area (Å²) < 4.78 is 11.3. The molecular weight excluding hydrogens is 731 g/mol. The SMILES string of the molecule is CCCCCCCCCCCCCCCCCC(=O)OCc1cc[n+](CC2=C(C(=O)[O-])N3C(=O)C(NC(=O)C(=NOCC)c4nsc(N)n4)[C@H]3SC2)cc1. The van der Waals surface area contributed by atoms with Crippen molar-refractivity contribution in [2.45, 2.75) is 141 Å². The zero-order valence-corrected chi connectivity index (χ0v) is 33.2. The number of nitrogens with two attached hydrogens (primary N) is 1. The minimum Gasteiger partial charge on any atom is -0.543 e. The third-order valence-corrected chi connectivity index (χ3v) is 11.3. The van der Waals surface area contributed by atoms with Crippen molar-refractivity contribution in [3.05, 3.63) is 47.2 Å². The van der Waals surface area contributed by atoms with Crippen molar-refractivity contribution in [2.75, 3.05) is 18.1 Å². The van der Waals surface area contributed by atoms with Gasteiger partial charge < -0.3 is 30.5 Å². The molecule has 0 spiro atoms. The van der Waals surface area contributed by atoms with Crippen molar-refractivity contribution in [1.29, 1.82) is 0 Å². The predicted octanol–water partition coefficient (Wildman–Crippen LogP) is 4.56. The fourth-order valence-electron chi connectivity index (χ4n) is 6.43. The largest absolute Gasteiger partial charge is 0.543 e. The average molecular weight is 786 g/mol. The van der Waals surface area contributed by atoms with Crippen LogP contribution in [0.1, 0.15) is 128 Å². The van der Waals surface area contributed by atoms with Gasteiger partial charge in [0.15, 0.2) is 24.1 Å². The summed E-state index contributed by atoms with van der Waals surface area (Å²) in [6.45, 7) is 4.48. The molecule has 2 aromatic heterocycles. The topological polar surface area (TPSA) is 193 Å². The van der Waals surface area contributed by atoms with Gasteiger partial charge in [0.1, 0.15) is 24.6 Å². The van der Waals surface area contributed by atoms with Crippen LogP contribution >= 0.6 is 23.3 Å². The molecule has 3 N–H and O–H groups in total. The van der Waals surface area contributed by atoms with Crippen LogP contribution in [0.4, 0.5) is 5.13 Å². The number of aliphatic carboxylic acids is 1. The third-order valence-electron chi connectivity index (χ3n) is 9.40. The average Bonchev–Trinajstić information content (AvgIpc) is 3.60. The number of nitrogens with one attached hydrogen (secondary N) is 1. The van der Waals surface area contributed by atoms with E-state index >= 15 is 0 Å². The van der Waals surface area contributed by atoms with E-state index in [1.54, 1.807) is 23.9 Å². The van der Waals surface area contributed by atoms with Crippen LogP contribution < -0.4 is 20.7 Å². The van der Waals surface area contributed by atoms with Crippen molar-refractivity contribution in [1.82, 2.24) is 19.6 Å². The second-order valence-corrected chi connectivity index (χ2v) is 15.5. The first-order valence-electron chi connectivity index (χ1n) is 19.4. The number of rotatable bonds is 26. The van der Waals surface area contributed by atoms with E-state index in [4.69, 9.17) is 15.3 Å². The first-order valence-corrected chi connectivity index (χ1v) is 21.2. The Kier molecular flexibility index (Phi) is 18.2. The molecular formula is C38H55N7O7S2. The molecule has 2 atom stereocenters. The van der Waals surface area contributed by atoms with E-state index in [1.807, 2.05) is 12.1 Å². The number of nitrogen functional groups attached to an aromatic ring is 1. The number of oxime groups is 1. The standard InChI is InChI=1S/C38H55N7O7S2/c1-3-5-6-7-8-9-10-11-12-13-14-15-16-17-18-19-29(46)51-25-27-20-22-44(23-21-27)24-28-26-53-36-31(35(48)45(36)32(28)37(49)50)40-34(47)30(42-52-4-2)33-41-38(39)54-43-33/h20-23,31,36H,3-19,24-26H2,1-2H3,(H3-,39,40,41,43,47,49,50)/t31?,36-/m1/s1. The molecule has 2 aliphatic heterocycles. The van der Waals surface area contributed by atoms with Crippen LogP contribution in [-0.4, -0.2) is 67.5 Å². The summed E-state index contributed by atoms with van der Waals surface area (Å²) in [5.41, 5.74) is 6.49. The predicted molar refractivity (Wildman–Crippen MR) is 206 cm³/mol. The lowest BCUT2D eigenvalue weighted by Crippen LogP contribution is -2.71. The monoisotopic (exact) mass is 785 g/mol. The number of thioether (sulfide) groups is 1. The molecule has 16 heteroatoms. The molecule has 2 aliphatic rings. The Balaban J connectivity index is 1.15. The van der Waals surface area contributed by atoms with E-state index in [0.29, 0.717) is 17.7 Å². The Labute approximate surface area is 326 Å². The minimum absolute atomic E-state index is 0.0439. The zero-order chi connectivity index (χ0) is 38.7. The number of ether oxygens (including phenoxy) is 1. The summed E-state index contributed by atoms with van der Waals surface area (Å²) in [6, 6.07) is 2.62. The normalized spacial score (nSPS) is 16.9. The van der Waals surface area contributed by atoms with E-state index in [0.717, 1.165) is 41.3 Å². The Bertz CT molecular complexity index is 1600. The van der Waals surface area contributed by atoms with E-state index < -0.39 is 29.2 Å². The summed E-state index contributed by atoms with van der Waals surface area (Å²) in [6.07, 6.45) is 23.0. The van der Waals surface area contributed by atoms with Gasteiger partial charge in [0.25, 0.3) is 11.8 Å². The highest BCUT2D eigenvalue weighted by molar-refractivity contribution is 8.00. The van der Waals surface area contributed by atoms with Crippen molar-refractivity contribution >= 4 is 57.9 Å². The summed E-state index contributed by atoms with van der Waals surface area (Å²) in [5.74, 6) is -2.79. The highest BCUT2D eigenvalue weighted by Gasteiger charge is 2.53. The zero-order valence-electron chi connectivity index (χ0n) is 31.6. The van der Waals surface area contributed by atoms with Gasteiger partial charge in [0.05, 0.1) is 11.7 Å². The van der Waals surface area contributed by atoms with Crippen molar-refractivity contribution in [3.63, 3.8) is 0 Å². The van der Waals surface area contributed by atoms with Crippen LogP contribution in [0.25, 0.3) is 0 Å². The number of hydrogen-bond acceptors (Lipinski definition) is 13. The van der Waals surface area contributed by atoms with Crippen LogP contribution in [0.5, 0.6) is 0 Å². The van der Waals surface area contributed by atoms with Crippen molar-refractivity contribution < 1.29 is 38.4 Å². The van der Waals surface area contributed by atoms with Gasteiger partial charge in [0, 0.05) is 47.0 Å². The molecule has 4 rings (SSSR count). The molecule has 2 aromatic rings. The van der Waals surface area contributed by atoms with Crippen LogP contribution in [0.3, 0.4) is 0 Å². The molecule has 2 amide bonds. The lowest BCUT2D eigenvalue weighted by Gasteiger charge is -2.50. The number of hydrogen-bond donors (Lipinski definition) is 2. The number of β-lactam (4-membered cyclic amide) rings is 1. The number of carboxylic acid groups (broad SMARTS) is 1. The van der Waals surface area contributed by atoms with Gasteiger partial charge in [-0.1, -0.05) is 102 Å². The van der Waals surface area contributed by atoms with Gasteiger partial charge in [-0.15, -0.1) is 11.8 Å². The third kappa shape index (κ3) is 13.1. The number of carbonyl (C=O) groups is 4. The van der Waals surface area contributed by atoms with Crippen LogP contribution in [0, 0.1) is 0 Å². The second-order valence-electron chi connectivity index (χ2n) is 13.7. The van der Waals surface area contributed by atoms with Crippen molar-refractivity contribution in [3.8, 4) is 0 Å². The van der Waals surface area contributed by atoms with Crippen LogP contribution in [-0.2, 0) is 41.9 Å². The first-order chi connectivity index (χ1) is 26.2. The van der Waals surface area contributed by atoms with Gasteiger partial charge in [-0.2, -0.15) is 9.36 Å². The molecule has 0 aromatic carbocycles. The van der Waals surface area contributed by atoms with Gasteiger partial charge in [-0.3, -0.25) is 19.3 Å². The fourth-order valence-corrected chi connectivity index (χ4v) is 8.20. The number of amides is 2. The van der Waals surface area contributed by atoms with E-state index in [1.165, 1.54) is 88.8 Å². The van der Waals surface area contributed by atoms with Gasteiger partial charge in [-0.05, 0) is 13.3 Å². The maximum absolute atomic E-state index is 13.2. The van der Waals surface area contributed by atoms with E-state index in [-0.39, 0.29) is 48.1 Å². The number of carbonyl (C=O) groups excluding carboxylic acids is 4. The fraction of sp³-hybridized carbons (Fsp3) is 0.632. The van der Waals surface area contributed by atoms with Gasteiger partial charge >= 0.3 is 5.97 Å². The quantitative estimate of drug-likeness (QED) is 0.0339. The summed E-state index contributed by atoms with van der Waals surface area (Å²) in [7, 11) is 0. The number of unbranched alkanes of at least 4 members (excludes halogenated alkanes) is 14. The molecule has 1 saturated heterocycles. The molecule has 4 heterocycles. The summed E-state index contributed by atoms with van der Waals surface area (Å²) in [4.78, 5) is 61.0. The maximum atomic E-state index is 13.2. The molecule has 1 fully saturated rings. The highest BCUT2D eigenvalue weighted by atomic mass is 32.2. The number of carboxylic acids is 1. The van der Waals surface area contributed by atoms with E-state index in [2.05, 4.69) is 26.8 Å².